The monoisotopic (exact) mass is 312 g/mol. The number of nitrogens with one attached hydrogen (secondary N) is 1. The number of nitrogen functional groups attached to an aromatic ring is 1. The van der Waals surface area contributed by atoms with Crippen molar-refractivity contribution in [2.75, 3.05) is 12.3 Å². The summed E-state index contributed by atoms with van der Waals surface area (Å²) >= 11 is 11.6. The normalized spacial score (nSPS) is 13.6. The molecular formula is C10H14Cl2N2O3S. The van der Waals surface area contributed by atoms with Gasteiger partial charge in [-0.3, -0.25) is 0 Å². The summed E-state index contributed by atoms with van der Waals surface area (Å²) in [5.41, 5.74) is 5.58. The smallest absolute Gasteiger partial charge is 0.244 e. The Bertz CT molecular complexity index is 507. The van der Waals surface area contributed by atoms with Gasteiger partial charge < -0.3 is 10.8 Å². The van der Waals surface area contributed by atoms with Crippen LogP contribution in [0.4, 0.5) is 5.69 Å². The van der Waals surface area contributed by atoms with E-state index in [1.807, 2.05) is 0 Å². The number of aliphatic hydroxyl groups is 1. The highest BCUT2D eigenvalue weighted by Crippen LogP contribution is 2.31. The SMILES string of the molecule is CC[C@H](CO)NS(=O)(=O)c1c(N)cc(Cl)cc1Cl. The average molecular weight is 313 g/mol. The molecule has 0 saturated heterocycles. The molecule has 1 aromatic carbocycles. The molecule has 1 rings (SSSR count). The topological polar surface area (TPSA) is 92.4 Å². The Hall–Kier alpha value is -0.530. The lowest BCUT2D eigenvalue weighted by atomic mass is 10.3. The van der Waals surface area contributed by atoms with E-state index in [1.54, 1.807) is 6.92 Å². The van der Waals surface area contributed by atoms with Crippen molar-refractivity contribution in [3.8, 4) is 0 Å². The summed E-state index contributed by atoms with van der Waals surface area (Å²) in [6, 6.07) is 2.02. The molecule has 0 saturated carbocycles. The standard InChI is InChI=1S/C10H14Cl2N2O3S/c1-2-7(5-15)14-18(16,17)10-8(12)3-6(11)4-9(10)13/h3-4,7,14-15H,2,5,13H2,1H3/t7-/m1/s1. The van der Waals surface area contributed by atoms with Crippen LogP contribution in [0.5, 0.6) is 0 Å². The van der Waals surface area contributed by atoms with Gasteiger partial charge in [0.15, 0.2) is 0 Å². The Balaban J connectivity index is 3.21. The van der Waals surface area contributed by atoms with E-state index in [0.29, 0.717) is 6.42 Å². The van der Waals surface area contributed by atoms with Crippen LogP contribution in [0.1, 0.15) is 13.3 Å². The highest BCUT2D eigenvalue weighted by molar-refractivity contribution is 7.89. The van der Waals surface area contributed by atoms with E-state index >= 15 is 0 Å². The summed E-state index contributed by atoms with van der Waals surface area (Å²) in [6.07, 6.45) is 0.445. The first-order valence-electron chi connectivity index (χ1n) is 5.19. The molecule has 1 atom stereocenters. The quantitative estimate of drug-likeness (QED) is 0.720. The molecule has 0 aliphatic rings. The van der Waals surface area contributed by atoms with Gasteiger partial charge in [0.2, 0.25) is 10.0 Å². The molecule has 18 heavy (non-hydrogen) atoms. The van der Waals surface area contributed by atoms with Crippen molar-refractivity contribution in [1.82, 2.24) is 4.72 Å². The summed E-state index contributed by atoms with van der Waals surface area (Å²) in [7, 11) is -3.89. The predicted octanol–water partition coefficient (Wildman–Crippen LogP) is 1.62. The van der Waals surface area contributed by atoms with Crippen LogP contribution in [-0.4, -0.2) is 26.2 Å². The van der Waals surface area contributed by atoms with Gasteiger partial charge in [0.1, 0.15) is 4.90 Å². The third-order valence-electron chi connectivity index (χ3n) is 2.34. The number of nitrogens with two attached hydrogens (primary N) is 1. The first kappa shape index (κ1) is 15.5. The van der Waals surface area contributed by atoms with E-state index < -0.39 is 16.1 Å². The van der Waals surface area contributed by atoms with E-state index in [0.717, 1.165) is 0 Å². The molecule has 0 amide bonds. The van der Waals surface area contributed by atoms with Crippen molar-refractivity contribution in [3.63, 3.8) is 0 Å². The zero-order chi connectivity index (χ0) is 13.9. The van der Waals surface area contributed by atoms with Crippen LogP contribution in [0, 0.1) is 0 Å². The molecule has 8 heteroatoms. The van der Waals surface area contributed by atoms with Crippen molar-refractivity contribution in [3.05, 3.63) is 22.2 Å². The Morgan fingerprint density at radius 3 is 2.50 bits per heavy atom. The summed E-state index contributed by atoms with van der Waals surface area (Å²) in [5.74, 6) is 0. The predicted molar refractivity (Wildman–Crippen MR) is 72.4 cm³/mol. The van der Waals surface area contributed by atoms with Crippen LogP contribution in [0.3, 0.4) is 0 Å². The summed E-state index contributed by atoms with van der Waals surface area (Å²) in [4.78, 5) is -0.222. The minimum atomic E-state index is -3.89. The Morgan fingerprint density at radius 2 is 2.06 bits per heavy atom. The molecule has 102 valence electrons. The molecule has 5 nitrogen and oxygen atoms in total. The second-order valence-electron chi connectivity index (χ2n) is 3.71. The molecule has 0 unspecified atom stereocenters. The average Bonchev–Trinajstić information content (AvgIpc) is 2.23. The molecule has 0 aliphatic carbocycles. The van der Waals surface area contributed by atoms with Crippen LogP contribution in [0.2, 0.25) is 10.0 Å². The second kappa shape index (κ2) is 6.08. The number of rotatable bonds is 5. The number of aliphatic hydroxyl groups excluding tert-OH is 1. The third kappa shape index (κ3) is 3.49. The minimum absolute atomic E-state index is 0.0345. The molecule has 0 aliphatic heterocycles. The summed E-state index contributed by atoms with van der Waals surface area (Å²) < 4.78 is 26.5. The van der Waals surface area contributed by atoms with Crippen molar-refractivity contribution in [1.29, 1.82) is 0 Å². The highest BCUT2D eigenvalue weighted by Gasteiger charge is 2.24. The van der Waals surface area contributed by atoms with Crippen LogP contribution >= 0.6 is 23.2 Å². The zero-order valence-electron chi connectivity index (χ0n) is 9.65. The van der Waals surface area contributed by atoms with E-state index in [2.05, 4.69) is 4.72 Å². The lowest BCUT2D eigenvalue weighted by molar-refractivity contribution is 0.254. The largest absolute Gasteiger partial charge is 0.398 e. The van der Waals surface area contributed by atoms with E-state index in [4.69, 9.17) is 34.0 Å². The van der Waals surface area contributed by atoms with Gasteiger partial charge in [-0.15, -0.1) is 0 Å². The number of hydrogen-bond acceptors (Lipinski definition) is 4. The van der Waals surface area contributed by atoms with E-state index in [9.17, 15) is 8.42 Å². The second-order valence-corrected chi connectivity index (χ2v) is 6.21. The van der Waals surface area contributed by atoms with Gasteiger partial charge in [-0.05, 0) is 18.6 Å². The number of halogens is 2. The Kier molecular flexibility index (Phi) is 5.24. The van der Waals surface area contributed by atoms with Crippen molar-refractivity contribution >= 4 is 38.9 Å². The molecule has 0 bridgehead atoms. The lowest BCUT2D eigenvalue weighted by Gasteiger charge is -2.16. The van der Waals surface area contributed by atoms with Crippen LogP contribution in [-0.2, 0) is 10.0 Å². The van der Waals surface area contributed by atoms with Gasteiger partial charge in [0.05, 0.1) is 17.3 Å². The Morgan fingerprint density at radius 1 is 1.44 bits per heavy atom. The lowest BCUT2D eigenvalue weighted by Crippen LogP contribution is -2.37. The zero-order valence-corrected chi connectivity index (χ0v) is 12.0. The van der Waals surface area contributed by atoms with E-state index in [1.165, 1.54) is 12.1 Å². The summed E-state index contributed by atoms with van der Waals surface area (Å²) in [5, 5.41) is 9.21. The minimum Gasteiger partial charge on any atom is -0.398 e. The van der Waals surface area contributed by atoms with Gasteiger partial charge in [-0.1, -0.05) is 30.1 Å². The molecule has 0 spiro atoms. The third-order valence-corrected chi connectivity index (χ3v) is 4.61. The highest BCUT2D eigenvalue weighted by atomic mass is 35.5. The van der Waals surface area contributed by atoms with Crippen molar-refractivity contribution < 1.29 is 13.5 Å². The van der Waals surface area contributed by atoms with Gasteiger partial charge in [0, 0.05) is 11.1 Å². The van der Waals surface area contributed by atoms with Crippen LogP contribution in [0.25, 0.3) is 0 Å². The molecular weight excluding hydrogens is 299 g/mol. The molecule has 1 aromatic rings. The van der Waals surface area contributed by atoms with Gasteiger partial charge in [-0.25, -0.2) is 13.1 Å². The fourth-order valence-electron chi connectivity index (χ4n) is 1.39. The van der Waals surface area contributed by atoms with Crippen LogP contribution < -0.4 is 10.5 Å². The Labute approximate surface area is 116 Å². The van der Waals surface area contributed by atoms with Gasteiger partial charge >= 0.3 is 0 Å². The molecule has 0 radical (unpaired) electrons. The molecule has 0 fully saturated rings. The number of anilines is 1. The number of hydrogen-bond donors (Lipinski definition) is 3. The molecule has 4 N–H and O–H groups in total. The first-order valence-corrected chi connectivity index (χ1v) is 7.43. The molecule has 0 heterocycles. The summed E-state index contributed by atoms with van der Waals surface area (Å²) in [6.45, 7) is 1.44. The van der Waals surface area contributed by atoms with Crippen molar-refractivity contribution in [2.45, 2.75) is 24.3 Å². The number of benzene rings is 1. The molecule has 0 aromatic heterocycles. The fraction of sp³-hybridized carbons (Fsp3) is 0.400. The van der Waals surface area contributed by atoms with Crippen LogP contribution in [0.15, 0.2) is 17.0 Å². The maximum atomic E-state index is 12.1. The fourth-order valence-corrected chi connectivity index (χ4v) is 3.69. The van der Waals surface area contributed by atoms with E-state index in [-0.39, 0.29) is 27.2 Å². The maximum Gasteiger partial charge on any atom is 0.244 e. The number of sulfonamides is 1. The first-order chi connectivity index (χ1) is 8.31. The maximum absolute atomic E-state index is 12.1. The van der Waals surface area contributed by atoms with Crippen molar-refractivity contribution in [2.24, 2.45) is 0 Å². The van der Waals surface area contributed by atoms with Gasteiger partial charge in [-0.2, -0.15) is 0 Å². The van der Waals surface area contributed by atoms with Gasteiger partial charge in [0.25, 0.3) is 0 Å².